The van der Waals surface area contributed by atoms with Crippen LogP contribution in [0.15, 0.2) is 24.3 Å². The van der Waals surface area contributed by atoms with Crippen molar-refractivity contribution < 1.29 is 19.1 Å². The van der Waals surface area contributed by atoms with Gasteiger partial charge in [-0.15, -0.1) is 0 Å². The van der Waals surface area contributed by atoms with Crippen LogP contribution in [0.4, 0.5) is 0 Å². The minimum atomic E-state index is -0.134. The fraction of sp³-hybridized carbons (Fsp3) is 0.619. The molecule has 1 aromatic carbocycles. The lowest BCUT2D eigenvalue weighted by molar-refractivity contribution is -0.123. The molecule has 1 unspecified atom stereocenters. The van der Waals surface area contributed by atoms with Crippen LogP contribution in [0.2, 0.25) is 0 Å². The minimum absolute atomic E-state index is 0.0292. The van der Waals surface area contributed by atoms with Crippen LogP contribution in [0.3, 0.4) is 0 Å². The molecule has 1 N–H and O–H groups in total. The number of amides is 1. The maximum atomic E-state index is 12.2. The summed E-state index contributed by atoms with van der Waals surface area (Å²) in [6.07, 6.45) is 1.51. The number of carbonyl (C=O) groups is 2. The van der Waals surface area contributed by atoms with E-state index < -0.39 is 0 Å². The average Bonchev–Trinajstić information content (AvgIpc) is 2.69. The second-order valence-corrected chi connectivity index (χ2v) is 7.33. The molecule has 0 aliphatic carbocycles. The molecule has 6 nitrogen and oxygen atoms in total. The summed E-state index contributed by atoms with van der Waals surface area (Å²) in [7, 11) is 0. The molecule has 150 valence electrons. The van der Waals surface area contributed by atoms with E-state index in [0.29, 0.717) is 36.2 Å². The molecular formula is C21H32N2O4. The molecule has 27 heavy (non-hydrogen) atoms. The van der Waals surface area contributed by atoms with Crippen molar-refractivity contribution in [2.45, 2.75) is 39.7 Å². The van der Waals surface area contributed by atoms with E-state index in [1.165, 1.54) is 0 Å². The van der Waals surface area contributed by atoms with Crippen LogP contribution < -0.4 is 10.1 Å². The highest BCUT2D eigenvalue weighted by Crippen LogP contribution is 2.14. The highest BCUT2D eigenvalue weighted by molar-refractivity contribution is 5.95. The number of hydrogen-bond acceptors (Lipinski definition) is 5. The van der Waals surface area contributed by atoms with Crippen LogP contribution in [-0.2, 0) is 9.53 Å². The smallest absolute Gasteiger partial charge is 0.257 e. The van der Waals surface area contributed by atoms with Crippen molar-refractivity contribution >= 4 is 11.7 Å². The van der Waals surface area contributed by atoms with Crippen LogP contribution >= 0.6 is 0 Å². The van der Waals surface area contributed by atoms with Crippen molar-refractivity contribution in [1.82, 2.24) is 10.2 Å². The van der Waals surface area contributed by atoms with Gasteiger partial charge in [0.05, 0.1) is 13.2 Å². The number of rotatable bonds is 10. The third kappa shape index (κ3) is 7.31. The second-order valence-electron chi connectivity index (χ2n) is 7.33. The van der Waals surface area contributed by atoms with E-state index in [0.717, 1.165) is 32.7 Å². The highest BCUT2D eigenvalue weighted by atomic mass is 16.5. The average molecular weight is 376 g/mol. The van der Waals surface area contributed by atoms with Crippen LogP contribution in [0, 0.1) is 5.92 Å². The Kier molecular flexibility index (Phi) is 8.75. The standard InChI is InChI=1S/C21H32N2O4/c1-4-20(24)17-5-7-19(8-6-17)27-15-21(25)22-14-18(13-16(2)3)23-9-11-26-12-10-23/h5-8,16,18H,4,9-15H2,1-3H3,(H,22,25). The van der Waals surface area contributed by atoms with Crippen molar-refractivity contribution in [2.75, 3.05) is 39.5 Å². The number of nitrogens with zero attached hydrogens (tertiary/aromatic N) is 1. The van der Waals surface area contributed by atoms with Gasteiger partial charge in [-0.3, -0.25) is 14.5 Å². The quantitative estimate of drug-likeness (QED) is 0.636. The number of hydrogen-bond donors (Lipinski definition) is 1. The fourth-order valence-corrected chi connectivity index (χ4v) is 3.22. The van der Waals surface area contributed by atoms with Crippen molar-refractivity contribution in [3.05, 3.63) is 29.8 Å². The summed E-state index contributed by atoms with van der Waals surface area (Å²) in [4.78, 5) is 26.2. The first-order valence-corrected chi connectivity index (χ1v) is 9.84. The maximum absolute atomic E-state index is 12.2. The van der Waals surface area contributed by atoms with Gasteiger partial charge in [-0.1, -0.05) is 20.8 Å². The van der Waals surface area contributed by atoms with Gasteiger partial charge < -0.3 is 14.8 Å². The lowest BCUT2D eigenvalue weighted by atomic mass is 10.0. The van der Waals surface area contributed by atoms with Crippen molar-refractivity contribution in [3.63, 3.8) is 0 Å². The van der Waals surface area contributed by atoms with Gasteiger partial charge in [-0.2, -0.15) is 0 Å². The molecule has 1 aliphatic rings. The molecule has 1 aliphatic heterocycles. The minimum Gasteiger partial charge on any atom is -0.484 e. The summed E-state index contributed by atoms with van der Waals surface area (Å²) < 4.78 is 11.0. The molecule has 1 heterocycles. The van der Waals surface area contributed by atoms with Crippen LogP contribution in [0.1, 0.15) is 44.0 Å². The summed E-state index contributed by atoms with van der Waals surface area (Å²) in [6.45, 7) is 10.1. The molecule has 0 aromatic heterocycles. The van der Waals surface area contributed by atoms with Gasteiger partial charge in [0.2, 0.25) is 0 Å². The topological polar surface area (TPSA) is 67.9 Å². The predicted octanol–water partition coefficient (Wildman–Crippen LogP) is 2.52. The number of benzene rings is 1. The number of ether oxygens (including phenoxy) is 2. The van der Waals surface area contributed by atoms with Gasteiger partial charge in [0, 0.05) is 37.7 Å². The summed E-state index contributed by atoms with van der Waals surface area (Å²) in [5.74, 6) is 1.12. The summed E-state index contributed by atoms with van der Waals surface area (Å²) in [5, 5.41) is 2.99. The molecule has 0 saturated carbocycles. The van der Waals surface area contributed by atoms with Crippen LogP contribution in [-0.4, -0.2) is 62.1 Å². The Labute approximate surface area is 162 Å². The van der Waals surface area contributed by atoms with Crippen LogP contribution in [0.25, 0.3) is 0 Å². The zero-order chi connectivity index (χ0) is 19.6. The zero-order valence-electron chi connectivity index (χ0n) is 16.7. The van der Waals surface area contributed by atoms with E-state index in [1.54, 1.807) is 24.3 Å². The number of Topliss-reactive ketones (excluding diaryl/α,β-unsaturated/α-hetero) is 1. The van der Waals surface area contributed by atoms with Gasteiger partial charge in [-0.05, 0) is 36.6 Å². The van der Waals surface area contributed by atoms with E-state index in [9.17, 15) is 9.59 Å². The third-order valence-corrected chi connectivity index (χ3v) is 4.71. The van der Waals surface area contributed by atoms with E-state index >= 15 is 0 Å². The fourth-order valence-electron chi connectivity index (χ4n) is 3.22. The summed E-state index contributed by atoms with van der Waals surface area (Å²) in [5.41, 5.74) is 0.663. The van der Waals surface area contributed by atoms with Gasteiger partial charge in [-0.25, -0.2) is 0 Å². The van der Waals surface area contributed by atoms with Crippen LogP contribution in [0.5, 0.6) is 5.75 Å². The number of nitrogens with one attached hydrogen (secondary N) is 1. The number of carbonyl (C=O) groups excluding carboxylic acids is 2. The van der Waals surface area contributed by atoms with E-state index in [4.69, 9.17) is 9.47 Å². The molecule has 1 saturated heterocycles. The highest BCUT2D eigenvalue weighted by Gasteiger charge is 2.22. The van der Waals surface area contributed by atoms with Gasteiger partial charge in [0.25, 0.3) is 5.91 Å². The predicted molar refractivity (Wildman–Crippen MR) is 105 cm³/mol. The Balaban J connectivity index is 1.78. The molecule has 6 heteroatoms. The Morgan fingerprint density at radius 1 is 1.19 bits per heavy atom. The molecular weight excluding hydrogens is 344 g/mol. The third-order valence-electron chi connectivity index (χ3n) is 4.71. The SMILES string of the molecule is CCC(=O)c1ccc(OCC(=O)NCC(CC(C)C)N2CCOCC2)cc1. The van der Waals surface area contributed by atoms with Gasteiger partial charge in [0.1, 0.15) is 5.75 Å². The lowest BCUT2D eigenvalue weighted by Crippen LogP contribution is -2.49. The van der Waals surface area contributed by atoms with E-state index in [1.807, 2.05) is 6.92 Å². The van der Waals surface area contributed by atoms with Gasteiger partial charge in [0.15, 0.2) is 12.4 Å². The van der Waals surface area contributed by atoms with Crippen molar-refractivity contribution in [2.24, 2.45) is 5.92 Å². The molecule has 2 rings (SSSR count). The maximum Gasteiger partial charge on any atom is 0.257 e. The molecule has 0 radical (unpaired) electrons. The molecule has 0 bridgehead atoms. The van der Waals surface area contributed by atoms with Crippen molar-refractivity contribution in [3.8, 4) is 5.75 Å². The first kappa shape index (κ1) is 21.4. The molecule has 0 spiro atoms. The summed E-state index contributed by atoms with van der Waals surface area (Å²) >= 11 is 0. The molecule has 1 fully saturated rings. The van der Waals surface area contributed by atoms with E-state index in [-0.39, 0.29) is 18.3 Å². The molecule has 1 amide bonds. The van der Waals surface area contributed by atoms with E-state index in [2.05, 4.69) is 24.1 Å². The lowest BCUT2D eigenvalue weighted by Gasteiger charge is -2.35. The first-order valence-electron chi connectivity index (χ1n) is 9.84. The van der Waals surface area contributed by atoms with Gasteiger partial charge >= 0.3 is 0 Å². The Bertz CT molecular complexity index is 595. The zero-order valence-corrected chi connectivity index (χ0v) is 16.7. The summed E-state index contributed by atoms with van der Waals surface area (Å²) in [6, 6.07) is 7.24. The largest absolute Gasteiger partial charge is 0.484 e. The Hall–Kier alpha value is -1.92. The normalized spacial score (nSPS) is 16.1. The monoisotopic (exact) mass is 376 g/mol. The molecule has 1 atom stereocenters. The first-order chi connectivity index (χ1) is 13.0. The number of ketones is 1. The number of morpholine rings is 1. The second kappa shape index (κ2) is 11.0. The molecule has 1 aromatic rings. The Morgan fingerprint density at radius 3 is 2.44 bits per heavy atom. The Morgan fingerprint density at radius 2 is 1.85 bits per heavy atom. The van der Waals surface area contributed by atoms with Crippen molar-refractivity contribution in [1.29, 1.82) is 0 Å².